The zero-order valence-corrected chi connectivity index (χ0v) is 18.2. The van der Waals surface area contributed by atoms with E-state index in [1.165, 1.54) is 5.56 Å². The second-order valence-electron chi connectivity index (χ2n) is 7.41. The molecule has 0 aliphatic heterocycles. The lowest BCUT2D eigenvalue weighted by atomic mass is 9.90. The van der Waals surface area contributed by atoms with E-state index in [-0.39, 0.29) is 6.04 Å². The first-order valence-corrected chi connectivity index (χ1v) is 10.5. The molecule has 0 amide bonds. The first kappa shape index (κ1) is 22.0. The van der Waals surface area contributed by atoms with Crippen molar-refractivity contribution in [2.24, 2.45) is 0 Å². The van der Waals surface area contributed by atoms with Crippen molar-refractivity contribution in [1.29, 1.82) is 5.26 Å². The molecule has 0 fully saturated rings. The van der Waals surface area contributed by atoms with Gasteiger partial charge in [-0.1, -0.05) is 91.5 Å². The SMILES string of the molecule is C=C/C=C\C(=C/C)C(NCc1ccccc1)c1ccc(C#N)c(-c2ccccc2C)c1. The normalized spacial score (nSPS) is 12.5. The molecule has 0 aliphatic rings. The topological polar surface area (TPSA) is 35.8 Å². The van der Waals surface area contributed by atoms with Gasteiger partial charge >= 0.3 is 0 Å². The van der Waals surface area contributed by atoms with E-state index in [9.17, 15) is 5.26 Å². The Morgan fingerprint density at radius 2 is 1.77 bits per heavy atom. The molecule has 0 spiro atoms. The van der Waals surface area contributed by atoms with Gasteiger partial charge in [-0.2, -0.15) is 5.26 Å². The summed E-state index contributed by atoms with van der Waals surface area (Å²) in [5.41, 5.74) is 7.39. The van der Waals surface area contributed by atoms with Gasteiger partial charge in [-0.15, -0.1) is 0 Å². The molecule has 0 aromatic heterocycles. The summed E-state index contributed by atoms with van der Waals surface area (Å²) >= 11 is 0. The molecule has 154 valence electrons. The third kappa shape index (κ3) is 5.48. The number of nitrogens with one attached hydrogen (secondary N) is 1. The van der Waals surface area contributed by atoms with Crippen molar-refractivity contribution >= 4 is 0 Å². The third-order valence-electron chi connectivity index (χ3n) is 5.38. The summed E-state index contributed by atoms with van der Waals surface area (Å²) in [6.45, 7) is 8.68. The minimum absolute atomic E-state index is 0.0167. The molecule has 2 nitrogen and oxygen atoms in total. The molecule has 0 saturated carbocycles. The van der Waals surface area contributed by atoms with Crippen molar-refractivity contribution in [3.05, 3.63) is 132 Å². The maximum atomic E-state index is 9.72. The minimum Gasteiger partial charge on any atom is -0.302 e. The highest BCUT2D eigenvalue weighted by atomic mass is 14.9. The summed E-state index contributed by atoms with van der Waals surface area (Å²) in [5.74, 6) is 0. The van der Waals surface area contributed by atoms with Crippen molar-refractivity contribution in [3.63, 3.8) is 0 Å². The monoisotopic (exact) mass is 404 g/mol. The molecule has 0 bridgehead atoms. The van der Waals surface area contributed by atoms with E-state index >= 15 is 0 Å². The van der Waals surface area contributed by atoms with E-state index < -0.39 is 0 Å². The van der Waals surface area contributed by atoms with Crippen LogP contribution in [0.3, 0.4) is 0 Å². The molecule has 0 saturated heterocycles. The highest BCUT2D eigenvalue weighted by molar-refractivity contribution is 5.74. The number of allylic oxidation sites excluding steroid dienone is 3. The van der Waals surface area contributed by atoms with Crippen LogP contribution in [0.4, 0.5) is 0 Å². The molecule has 1 N–H and O–H groups in total. The average Bonchev–Trinajstić information content (AvgIpc) is 2.82. The van der Waals surface area contributed by atoms with E-state index in [4.69, 9.17) is 0 Å². The van der Waals surface area contributed by atoms with Gasteiger partial charge in [0.05, 0.1) is 17.7 Å². The van der Waals surface area contributed by atoms with Gasteiger partial charge in [0.1, 0.15) is 0 Å². The van der Waals surface area contributed by atoms with Gasteiger partial charge < -0.3 is 5.32 Å². The Kier molecular flexibility index (Phi) is 7.76. The number of hydrogen-bond donors (Lipinski definition) is 1. The Morgan fingerprint density at radius 1 is 1.03 bits per heavy atom. The fraction of sp³-hybridized carbons (Fsp3) is 0.138. The van der Waals surface area contributed by atoms with Crippen molar-refractivity contribution in [3.8, 4) is 17.2 Å². The van der Waals surface area contributed by atoms with Crippen LogP contribution in [-0.4, -0.2) is 0 Å². The molecule has 3 aromatic rings. The smallest absolute Gasteiger partial charge is 0.0998 e. The van der Waals surface area contributed by atoms with E-state index in [2.05, 4.69) is 79.5 Å². The number of nitrogens with zero attached hydrogens (tertiary/aromatic N) is 1. The van der Waals surface area contributed by atoms with Crippen LogP contribution in [0.5, 0.6) is 0 Å². The molecule has 1 atom stereocenters. The van der Waals surface area contributed by atoms with Gasteiger partial charge in [0.15, 0.2) is 0 Å². The molecular formula is C29H28N2. The zero-order valence-electron chi connectivity index (χ0n) is 18.2. The Bertz CT molecular complexity index is 1130. The maximum Gasteiger partial charge on any atom is 0.0998 e. The highest BCUT2D eigenvalue weighted by Gasteiger charge is 2.17. The Balaban J connectivity index is 2.06. The Hall–Kier alpha value is -3.67. The zero-order chi connectivity index (χ0) is 22.1. The highest BCUT2D eigenvalue weighted by Crippen LogP contribution is 2.32. The van der Waals surface area contributed by atoms with E-state index in [1.54, 1.807) is 6.08 Å². The summed E-state index contributed by atoms with van der Waals surface area (Å²) in [5, 5.41) is 13.4. The summed E-state index contributed by atoms with van der Waals surface area (Å²) in [6, 6.07) is 27.1. The maximum absolute atomic E-state index is 9.72. The van der Waals surface area contributed by atoms with Crippen LogP contribution in [0.15, 0.2) is 109 Å². The van der Waals surface area contributed by atoms with Gasteiger partial charge in [-0.3, -0.25) is 0 Å². The third-order valence-corrected chi connectivity index (χ3v) is 5.38. The standard InChI is InChI=1S/C29H28N2/c1-4-6-15-24(5-2)29(31-21-23-13-8-7-9-14-23)25-17-18-26(20-30)28(19-25)27-16-11-10-12-22(27)3/h4-19,29,31H,1,21H2,2-3H3/b15-6-,24-5+. The number of rotatable bonds is 8. The van der Waals surface area contributed by atoms with Crippen molar-refractivity contribution in [1.82, 2.24) is 5.32 Å². The minimum atomic E-state index is -0.0167. The molecule has 1 unspecified atom stereocenters. The number of nitriles is 1. The van der Waals surface area contributed by atoms with Gasteiger partial charge in [0.2, 0.25) is 0 Å². The lowest BCUT2D eigenvalue weighted by Gasteiger charge is -2.22. The molecule has 0 aliphatic carbocycles. The predicted octanol–water partition coefficient (Wildman–Crippen LogP) is 7.05. The van der Waals surface area contributed by atoms with Crippen molar-refractivity contribution < 1.29 is 0 Å². The van der Waals surface area contributed by atoms with Gasteiger partial charge in [-0.25, -0.2) is 0 Å². The van der Waals surface area contributed by atoms with Gasteiger partial charge in [0, 0.05) is 12.1 Å². The summed E-state index contributed by atoms with van der Waals surface area (Å²) < 4.78 is 0. The van der Waals surface area contributed by atoms with Crippen LogP contribution >= 0.6 is 0 Å². The van der Waals surface area contributed by atoms with Crippen LogP contribution < -0.4 is 5.32 Å². The molecule has 0 heterocycles. The van der Waals surface area contributed by atoms with Crippen molar-refractivity contribution in [2.75, 3.05) is 0 Å². The van der Waals surface area contributed by atoms with Crippen LogP contribution in [0.1, 0.15) is 35.2 Å². The number of aryl methyl sites for hydroxylation is 1. The second-order valence-corrected chi connectivity index (χ2v) is 7.41. The van der Waals surface area contributed by atoms with E-state index in [0.717, 1.165) is 34.4 Å². The molecular weight excluding hydrogens is 376 g/mol. The predicted molar refractivity (Wildman–Crippen MR) is 130 cm³/mol. The molecule has 3 aromatic carbocycles. The quantitative estimate of drug-likeness (QED) is 0.408. The molecule has 31 heavy (non-hydrogen) atoms. The van der Waals surface area contributed by atoms with Crippen LogP contribution in [0, 0.1) is 18.3 Å². The fourth-order valence-corrected chi connectivity index (χ4v) is 3.72. The summed E-state index contributed by atoms with van der Waals surface area (Å²) in [6.07, 6.45) is 7.95. The number of benzene rings is 3. The second kappa shape index (κ2) is 10.9. The molecule has 0 radical (unpaired) electrons. The summed E-state index contributed by atoms with van der Waals surface area (Å²) in [4.78, 5) is 0. The summed E-state index contributed by atoms with van der Waals surface area (Å²) in [7, 11) is 0. The van der Waals surface area contributed by atoms with E-state index in [1.807, 2.05) is 43.3 Å². The number of hydrogen-bond acceptors (Lipinski definition) is 2. The van der Waals surface area contributed by atoms with Gasteiger partial charge in [-0.05, 0) is 53.8 Å². The Labute approximate surface area is 185 Å². The lowest BCUT2D eigenvalue weighted by Crippen LogP contribution is -2.22. The van der Waals surface area contributed by atoms with Crippen molar-refractivity contribution in [2.45, 2.75) is 26.4 Å². The first-order chi connectivity index (χ1) is 15.2. The average molecular weight is 405 g/mol. The largest absolute Gasteiger partial charge is 0.302 e. The van der Waals surface area contributed by atoms with Gasteiger partial charge in [0.25, 0.3) is 0 Å². The molecule has 2 heteroatoms. The lowest BCUT2D eigenvalue weighted by molar-refractivity contribution is 0.603. The van der Waals surface area contributed by atoms with E-state index in [0.29, 0.717) is 5.56 Å². The van der Waals surface area contributed by atoms with Crippen LogP contribution in [-0.2, 0) is 6.54 Å². The van der Waals surface area contributed by atoms with Crippen LogP contribution in [0.25, 0.3) is 11.1 Å². The molecule has 3 rings (SSSR count). The first-order valence-electron chi connectivity index (χ1n) is 10.5. The van der Waals surface area contributed by atoms with Crippen LogP contribution in [0.2, 0.25) is 0 Å². The fourth-order valence-electron chi connectivity index (χ4n) is 3.72. The Morgan fingerprint density at radius 3 is 2.45 bits per heavy atom.